The predicted octanol–water partition coefficient (Wildman–Crippen LogP) is -0.337. The van der Waals surface area contributed by atoms with Crippen molar-refractivity contribution in [2.45, 2.75) is 38.3 Å². The van der Waals surface area contributed by atoms with Crippen molar-refractivity contribution >= 4 is 15.7 Å². The molecule has 0 spiro atoms. The molecule has 3 N–H and O–H groups in total. The van der Waals surface area contributed by atoms with E-state index in [2.05, 4.69) is 5.32 Å². The summed E-state index contributed by atoms with van der Waals surface area (Å²) in [7, 11) is -3.04. The van der Waals surface area contributed by atoms with Gasteiger partial charge in [0, 0.05) is 24.3 Å². The van der Waals surface area contributed by atoms with Crippen molar-refractivity contribution in [1.82, 2.24) is 5.32 Å². The summed E-state index contributed by atoms with van der Waals surface area (Å²) in [5, 5.41) is 2.73. The van der Waals surface area contributed by atoms with Crippen molar-refractivity contribution in [3.63, 3.8) is 0 Å². The van der Waals surface area contributed by atoms with Gasteiger partial charge in [-0.1, -0.05) is 0 Å². The number of nitrogens with one attached hydrogen (secondary N) is 1. The van der Waals surface area contributed by atoms with Crippen LogP contribution in [0.1, 0.15) is 26.2 Å². The molecule has 0 aromatic carbocycles. The highest BCUT2D eigenvalue weighted by molar-refractivity contribution is 7.90. The zero-order valence-corrected chi connectivity index (χ0v) is 10.6. The van der Waals surface area contributed by atoms with Crippen LogP contribution in [-0.2, 0) is 14.6 Å². The number of amides is 1. The third-order valence-corrected chi connectivity index (χ3v) is 3.89. The number of hydrogen-bond donors (Lipinski definition) is 2. The van der Waals surface area contributed by atoms with Gasteiger partial charge in [-0.05, 0) is 26.2 Å². The fraction of sp³-hybridized carbons (Fsp3) is 0.900. The average Bonchev–Trinajstić information content (AvgIpc) is 2.47. The highest BCUT2D eigenvalue weighted by Crippen LogP contribution is 2.24. The fourth-order valence-electron chi connectivity index (χ4n) is 2.11. The molecule has 0 aliphatic heterocycles. The Balaban J connectivity index is 2.39. The van der Waals surface area contributed by atoms with E-state index in [1.54, 1.807) is 6.92 Å². The molecule has 1 aliphatic carbocycles. The lowest BCUT2D eigenvalue weighted by Gasteiger charge is -2.16. The van der Waals surface area contributed by atoms with Gasteiger partial charge in [-0.3, -0.25) is 4.79 Å². The molecule has 0 radical (unpaired) electrons. The first-order valence-corrected chi connectivity index (χ1v) is 7.57. The lowest BCUT2D eigenvalue weighted by Crippen LogP contribution is -2.40. The number of sulfone groups is 1. The normalized spacial score (nSPS) is 27.7. The standard InChI is InChI=1S/C10H20N2O3S/c1-7(6-16(2,14)15)12-10(13)8-3-4-9(11)5-8/h7-9H,3-6,11H2,1-2H3,(H,12,13). The Bertz CT molecular complexity index is 353. The van der Waals surface area contributed by atoms with Crippen LogP contribution in [0.4, 0.5) is 0 Å². The van der Waals surface area contributed by atoms with Crippen molar-refractivity contribution in [2.75, 3.05) is 12.0 Å². The van der Waals surface area contributed by atoms with Gasteiger partial charge in [0.1, 0.15) is 9.84 Å². The summed E-state index contributed by atoms with van der Waals surface area (Å²) in [5.41, 5.74) is 5.72. The van der Waals surface area contributed by atoms with Crippen LogP contribution in [0.2, 0.25) is 0 Å². The van der Waals surface area contributed by atoms with Crippen LogP contribution in [-0.4, -0.2) is 38.4 Å². The van der Waals surface area contributed by atoms with Crippen molar-refractivity contribution in [3.05, 3.63) is 0 Å². The molecule has 94 valence electrons. The number of hydrogen-bond acceptors (Lipinski definition) is 4. The van der Waals surface area contributed by atoms with Gasteiger partial charge in [-0.2, -0.15) is 0 Å². The van der Waals surface area contributed by atoms with E-state index in [1.807, 2.05) is 0 Å². The minimum atomic E-state index is -3.04. The highest BCUT2D eigenvalue weighted by Gasteiger charge is 2.28. The molecule has 6 heteroatoms. The van der Waals surface area contributed by atoms with Gasteiger partial charge in [0.15, 0.2) is 0 Å². The fourth-order valence-corrected chi connectivity index (χ4v) is 3.10. The number of nitrogens with two attached hydrogens (primary N) is 1. The van der Waals surface area contributed by atoms with E-state index in [-0.39, 0.29) is 29.7 Å². The smallest absolute Gasteiger partial charge is 0.223 e. The van der Waals surface area contributed by atoms with Crippen molar-refractivity contribution < 1.29 is 13.2 Å². The first kappa shape index (κ1) is 13.4. The third kappa shape index (κ3) is 4.49. The molecule has 3 unspecified atom stereocenters. The molecule has 1 fully saturated rings. The maximum atomic E-state index is 11.7. The third-order valence-electron chi connectivity index (χ3n) is 2.79. The van der Waals surface area contributed by atoms with Crippen molar-refractivity contribution in [1.29, 1.82) is 0 Å². The van der Waals surface area contributed by atoms with E-state index in [1.165, 1.54) is 6.26 Å². The van der Waals surface area contributed by atoms with Gasteiger partial charge in [0.25, 0.3) is 0 Å². The Hall–Kier alpha value is -0.620. The predicted molar refractivity (Wildman–Crippen MR) is 62.6 cm³/mol. The molecule has 1 aliphatic rings. The summed E-state index contributed by atoms with van der Waals surface area (Å²) < 4.78 is 22.1. The molecule has 0 aromatic rings. The molecule has 1 rings (SSSR count). The Morgan fingerprint density at radius 2 is 2.12 bits per heavy atom. The van der Waals surface area contributed by atoms with E-state index in [4.69, 9.17) is 5.73 Å². The van der Waals surface area contributed by atoms with E-state index in [0.29, 0.717) is 6.42 Å². The summed E-state index contributed by atoms with van der Waals surface area (Å²) in [6, 6.07) is -0.222. The highest BCUT2D eigenvalue weighted by atomic mass is 32.2. The molecule has 1 amide bonds. The summed E-state index contributed by atoms with van der Waals surface area (Å²) >= 11 is 0. The van der Waals surface area contributed by atoms with Gasteiger partial charge >= 0.3 is 0 Å². The van der Waals surface area contributed by atoms with E-state index in [0.717, 1.165) is 12.8 Å². The van der Waals surface area contributed by atoms with Gasteiger partial charge < -0.3 is 11.1 Å². The topological polar surface area (TPSA) is 89.3 Å². The summed E-state index contributed by atoms with van der Waals surface area (Å²) in [5.74, 6) is -0.126. The van der Waals surface area contributed by atoms with Crippen LogP contribution < -0.4 is 11.1 Å². The first-order chi connectivity index (χ1) is 7.28. The van der Waals surface area contributed by atoms with Gasteiger partial charge in [0.2, 0.25) is 5.91 Å². The number of carbonyl (C=O) groups is 1. The summed E-state index contributed by atoms with van der Waals surface area (Å²) in [4.78, 5) is 11.7. The van der Waals surface area contributed by atoms with Crippen LogP contribution >= 0.6 is 0 Å². The van der Waals surface area contributed by atoms with Crippen LogP contribution in [0.3, 0.4) is 0 Å². The van der Waals surface area contributed by atoms with Crippen LogP contribution in [0, 0.1) is 5.92 Å². The maximum Gasteiger partial charge on any atom is 0.223 e. The van der Waals surface area contributed by atoms with Gasteiger partial charge in [-0.25, -0.2) is 8.42 Å². The molecule has 3 atom stereocenters. The maximum absolute atomic E-state index is 11.7. The molecular formula is C10H20N2O3S. The van der Waals surface area contributed by atoms with E-state index < -0.39 is 9.84 Å². The van der Waals surface area contributed by atoms with E-state index in [9.17, 15) is 13.2 Å². The Morgan fingerprint density at radius 3 is 2.56 bits per heavy atom. The minimum Gasteiger partial charge on any atom is -0.352 e. The summed E-state index contributed by atoms with van der Waals surface area (Å²) in [6.07, 6.45) is 3.55. The Kier molecular flexibility index (Phi) is 4.32. The second-order valence-electron chi connectivity index (χ2n) is 4.77. The largest absolute Gasteiger partial charge is 0.352 e. The Labute approximate surface area is 96.7 Å². The molecular weight excluding hydrogens is 228 g/mol. The lowest BCUT2D eigenvalue weighted by atomic mass is 10.1. The molecule has 0 aromatic heterocycles. The van der Waals surface area contributed by atoms with Crippen LogP contribution in [0.15, 0.2) is 0 Å². The first-order valence-electron chi connectivity index (χ1n) is 5.51. The molecule has 0 bridgehead atoms. The molecule has 0 saturated heterocycles. The van der Waals surface area contributed by atoms with E-state index >= 15 is 0 Å². The van der Waals surface area contributed by atoms with Gasteiger partial charge in [-0.15, -0.1) is 0 Å². The number of carbonyl (C=O) groups excluding carboxylic acids is 1. The molecule has 16 heavy (non-hydrogen) atoms. The average molecular weight is 248 g/mol. The molecule has 1 saturated carbocycles. The summed E-state index contributed by atoms with van der Waals surface area (Å²) in [6.45, 7) is 1.70. The van der Waals surface area contributed by atoms with Crippen molar-refractivity contribution in [3.8, 4) is 0 Å². The molecule has 5 nitrogen and oxygen atoms in total. The lowest BCUT2D eigenvalue weighted by molar-refractivity contribution is -0.125. The second-order valence-corrected chi connectivity index (χ2v) is 6.96. The van der Waals surface area contributed by atoms with Crippen LogP contribution in [0.25, 0.3) is 0 Å². The van der Waals surface area contributed by atoms with Gasteiger partial charge in [0.05, 0.1) is 5.75 Å². The zero-order valence-electron chi connectivity index (χ0n) is 9.77. The Morgan fingerprint density at radius 1 is 1.50 bits per heavy atom. The SMILES string of the molecule is CC(CS(C)(=O)=O)NC(=O)C1CCC(N)C1. The van der Waals surface area contributed by atoms with Crippen molar-refractivity contribution in [2.24, 2.45) is 11.7 Å². The number of rotatable bonds is 4. The monoisotopic (exact) mass is 248 g/mol. The quantitative estimate of drug-likeness (QED) is 0.712. The zero-order chi connectivity index (χ0) is 12.3. The second kappa shape index (κ2) is 5.14. The van der Waals surface area contributed by atoms with Crippen LogP contribution in [0.5, 0.6) is 0 Å². The molecule has 0 heterocycles. The minimum absolute atomic E-state index is 0.0164.